The van der Waals surface area contributed by atoms with Gasteiger partial charge in [0.25, 0.3) is 7.83 Å². The molecule has 0 bridgehead atoms. The van der Waals surface area contributed by atoms with Crippen LogP contribution in [0.3, 0.4) is 0 Å². The molecule has 1 fully saturated rings. The van der Waals surface area contributed by atoms with E-state index in [1.165, 1.54) is 20.7 Å². The maximum absolute atomic E-state index is 8.01. The zero-order valence-electron chi connectivity index (χ0n) is 22.6. The van der Waals surface area contributed by atoms with Crippen molar-refractivity contribution in [3.63, 3.8) is 0 Å². The fourth-order valence-corrected chi connectivity index (χ4v) is 25.2. The average molecular weight is 537 g/mol. The van der Waals surface area contributed by atoms with Crippen molar-refractivity contribution in [3.05, 3.63) is 121 Å². The van der Waals surface area contributed by atoms with Crippen LogP contribution in [0, 0.1) is 0 Å². The van der Waals surface area contributed by atoms with Gasteiger partial charge in [-0.3, -0.25) is 0 Å². The lowest BCUT2D eigenvalue weighted by molar-refractivity contribution is 0.00276. The standard InChI is InChI=1S/C33H40N2OSi2/c1-3-31(34)33(32(35)4-2)25-26-37(27-17-9-5-10-18-27,28-19-11-6-12-20-28)38(36-33,29-21-13-7-14-22-29)30-23-15-8-16-24-30/h5-24,31-32H,3-4,25-26,34-35H2,1-2H3. The Morgan fingerprint density at radius 2 is 0.947 bits per heavy atom. The Bertz CT molecular complexity index is 1210. The summed E-state index contributed by atoms with van der Waals surface area (Å²) in [5.41, 5.74) is 13.5. The van der Waals surface area contributed by atoms with Crippen LogP contribution in [0.15, 0.2) is 121 Å². The smallest absolute Gasteiger partial charge is 0.251 e. The Hall–Kier alpha value is -2.81. The molecule has 196 valence electrons. The Morgan fingerprint density at radius 1 is 0.605 bits per heavy atom. The average Bonchev–Trinajstić information content (AvgIpc) is 3.01. The van der Waals surface area contributed by atoms with E-state index in [0.717, 1.165) is 25.3 Å². The van der Waals surface area contributed by atoms with Crippen LogP contribution in [-0.4, -0.2) is 33.1 Å². The van der Waals surface area contributed by atoms with Crippen molar-refractivity contribution >= 4 is 36.2 Å². The van der Waals surface area contributed by atoms with Gasteiger partial charge in [-0.05, 0) is 35.7 Å². The molecule has 2 unspecified atom stereocenters. The predicted octanol–water partition coefficient (Wildman–Crippen LogP) is 3.72. The van der Waals surface area contributed by atoms with E-state index in [9.17, 15) is 0 Å². The predicted molar refractivity (Wildman–Crippen MR) is 166 cm³/mol. The molecule has 0 amide bonds. The van der Waals surface area contributed by atoms with E-state index in [1.54, 1.807) is 0 Å². The first-order valence-corrected chi connectivity index (χ1v) is 19.1. The van der Waals surface area contributed by atoms with Crippen LogP contribution in [-0.2, 0) is 4.43 Å². The molecule has 1 aliphatic rings. The molecule has 0 radical (unpaired) electrons. The molecule has 38 heavy (non-hydrogen) atoms. The molecule has 5 heteroatoms. The van der Waals surface area contributed by atoms with Gasteiger partial charge in [0.15, 0.2) is 7.59 Å². The Balaban J connectivity index is 1.95. The van der Waals surface area contributed by atoms with Gasteiger partial charge in [0.2, 0.25) is 0 Å². The second-order valence-electron chi connectivity index (χ2n) is 10.6. The highest BCUT2D eigenvalue weighted by molar-refractivity contribution is 7.57. The maximum atomic E-state index is 8.01. The van der Waals surface area contributed by atoms with E-state index < -0.39 is 21.0 Å². The Labute approximate surface area is 229 Å². The summed E-state index contributed by atoms with van der Waals surface area (Å²) in [5, 5.41) is 5.46. The summed E-state index contributed by atoms with van der Waals surface area (Å²) in [7, 11) is -5.61. The van der Waals surface area contributed by atoms with Crippen molar-refractivity contribution in [2.75, 3.05) is 0 Å². The second kappa shape index (κ2) is 11.1. The zero-order valence-corrected chi connectivity index (χ0v) is 24.6. The molecule has 0 spiro atoms. The second-order valence-corrected chi connectivity index (χ2v) is 21.5. The highest BCUT2D eigenvalue weighted by Crippen LogP contribution is 2.43. The van der Waals surface area contributed by atoms with Crippen LogP contribution in [0.5, 0.6) is 0 Å². The molecular weight excluding hydrogens is 497 g/mol. The van der Waals surface area contributed by atoms with E-state index >= 15 is 0 Å². The van der Waals surface area contributed by atoms with Gasteiger partial charge < -0.3 is 15.9 Å². The quantitative estimate of drug-likeness (QED) is 0.338. The van der Waals surface area contributed by atoms with Crippen LogP contribution < -0.4 is 32.2 Å². The normalized spacial score (nSPS) is 21.9. The molecule has 2 atom stereocenters. The topological polar surface area (TPSA) is 61.3 Å². The fourth-order valence-electron chi connectivity index (χ4n) is 6.90. The first-order chi connectivity index (χ1) is 18.5. The van der Waals surface area contributed by atoms with E-state index in [1.807, 2.05) is 0 Å². The largest absolute Gasteiger partial charge is 0.401 e. The summed E-state index contributed by atoms with van der Waals surface area (Å²) < 4.78 is 8.01. The molecule has 1 aliphatic heterocycles. The van der Waals surface area contributed by atoms with Crippen molar-refractivity contribution in [2.24, 2.45) is 11.5 Å². The Kier molecular flexibility index (Phi) is 7.84. The summed E-state index contributed by atoms with van der Waals surface area (Å²) in [5.74, 6) is 0. The van der Waals surface area contributed by atoms with Crippen LogP contribution in [0.2, 0.25) is 6.04 Å². The first-order valence-electron chi connectivity index (χ1n) is 14.0. The van der Waals surface area contributed by atoms with E-state index in [0.29, 0.717) is 0 Å². The molecular formula is C33H40N2OSi2. The lowest BCUT2D eigenvalue weighted by Gasteiger charge is -2.60. The van der Waals surface area contributed by atoms with Crippen molar-refractivity contribution < 1.29 is 4.43 Å². The Morgan fingerprint density at radius 3 is 1.29 bits per heavy atom. The monoisotopic (exact) mass is 536 g/mol. The summed E-state index contributed by atoms with van der Waals surface area (Å²) in [6.07, 6.45) is 2.52. The van der Waals surface area contributed by atoms with Crippen molar-refractivity contribution in [1.29, 1.82) is 0 Å². The summed E-state index contributed by atoms with van der Waals surface area (Å²) in [6.45, 7) is 4.33. The van der Waals surface area contributed by atoms with Crippen LogP contribution in [0.4, 0.5) is 0 Å². The third-order valence-corrected chi connectivity index (χ3v) is 24.8. The summed E-state index contributed by atoms with van der Waals surface area (Å²) >= 11 is 0. The fraction of sp³-hybridized carbons (Fsp3) is 0.273. The van der Waals surface area contributed by atoms with Gasteiger partial charge in [0.1, 0.15) is 0 Å². The van der Waals surface area contributed by atoms with E-state index in [2.05, 4.69) is 135 Å². The third-order valence-electron chi connectivity index (χ3n) is 8.86. The van der Waals surface area contributed by atoms with Gasteiger partial charge in [-0.15, -0.1) is 0 Å². The van der Waals surface area contributed by atoms with Crippen LogP contribution in [0.1, 0.15) is 33.1 Å². The summed E-state index contributed by atoms with van der Waals surface area (Å²) in [4.78, 5) is 0. The molecule has 5 rings (SSSR count). The van der Waals surface area contributed by atoms with Gasteiger partial charge in [-0.2, -0.15) is 0 Å². The molecule has 0 aromatic heterocycles. The number of nitrogens with two attached hydrogens (primary N) is 2. The van der Waals surface area contributed by atoms with Crippen molar-refractivity contribution in [1.82, 2.24) is 0 Å². The SMILES string of the molecule is CCC(N)C1(C(N)CC)CC[Si](c2ccccc2)(c2ccccc2)[Si](c2ccccc2)(c2ccccc2)O1. The molecule has 3 nitrogen and oxygen atoms in total. The zero-order chi connectivity index (χ0) is 26.6. The molecule has 1 heterocycles. The van der Waals surface area contributed by atoms with E-state index in [4.69, 9.17) is 15.9 Å². The minimum Gasteiger partial charge on any atom is -0.401 e. The summed E-state index contributed by atoms with van der Waals surface area (Å²) in [6, 6.07) is 45.3. The first kappa shape index (κ1) is 26.8. The van der Waals surface area contributed by atoms with E-state index in [-0.39, 0.29) is 12.1 Å². The molecule has 0 aliphatic carbocycles. The van der Waals surface area contributed by atoms with Gasteiger partial charge in [0.05, 0.1) is 5.60 Å². The van der Waals surface area contributed by atoms with Gasteiger partial charge in [0, 0.05) is 12.1 Å². The highest BCUT2D eigenvalue weighted by atomic mass is 29.3. The van der Waals surface area contributed by atoms with Crippen LogP contribution >= 0.6 is 0 Å². The number of rotatable bonds is 8. The molecule has 4 aromatic carbocycles. The van der Waals surface area contributed by atoms with Gasteiger partial charge in [-0.1, -0.05) is 146 Å². The number of hydrogen-bond donors (Lipinski definition) is 2. The lowest BCUT2D eigenvalue weighted by atomic mass is 9.82. The minimum atomic E-state index is -3.01. The lowest BCUT2D eigenvalue weighted by Crippen LogP contribution is -2.91. The van der Waals surface area contributed by atoms with Gasteiger partial charge >= 0.3 is 0 Å². The number of benzene rings is 4. The minimum absolute atomic E-state index is 0.143. The molecule has 4 N–H and O–H groups in total. The molecule has 1 saturated heterocycles. The van der Waals surface area contributed by atoms with Gasteiger partial charge in [-0.25, -0.2) is 0 Å². The molecule has 0 saturated carbocycles. The molecule has 4 aromatic rings. The maximum Gasteiger partial charge on any atom is 0.251 e. The third kappa shape index (κ3) is 4.14. The van der Waals surface area contributed by atoms with Crippen molar-refractivity contribution in [2.45, 2.75) is 56.8 Å². The van der Waals surface area contributed by atoms with Crippen molar-refractivity contribution in [3.8, 4) is 0 Å². The van der Waals surface area contributed by atoms with Crippen LogP contribution in [0.25, 0.3) is 0 Å². The number of hydrogen-bond acceptors (Lipinski definition) is 3. The highest BCUT2D eigenvalue weighted by Gasteiger charge is 2.68.